The summed E-state index contributed by atoms with van der Waals surface area (Å²) >= 11 is 0. The Kier molecular flexibility index (Phi) is 4.92. The number of hydrogen-bond donors (Lipinski definition) is 1. The summed E-state index contributed by atoms with van der Waals surface area (Å²) in [5.74, 6) is 0.355. The maximum Gasteiger partial charge on any atom is 0.261 e. The van der Waals surface area contributed by atoms with Crippen LogP contribution < -0.4 is 10.3 Å². The van der Waals surface area contributed by atoms with E-state index in [0.29, 0.717) is 16.7 Å². The van der Waals surface area contributed by atoms with Gasteiger partial charge in [0.05, 0.1) is 22.3 Å². The fraction of sp³-hybridized carbons (Fsp3) is 0.300. The van der Waals surface area contributed by atoms with Crippen LogP contribution in [0.15, 0.2) is 58.2 Å². The van der Waals surface area contributed by atoms with Gasteiger partial charge in [0.25, 0.3) is 5.56 Å². The van der Waals surface area contributed by atoms with Crippen molar-refractivity contribution in [1.29, 1.82) is 0 Å². The third-order valence-corrected chi connectivity index (χ3v) is 5.94. The molecule has 6 nitrogen and oxygen atoms in total. The van der Waals surface area contributed by atoms with Crippen LogP contribution in [0.25, 0.3) is 10.9 Å². The monoisotopic (exact) mass is 385 g/mol. The van der Waals surface area contributed by atoms with Crippen molar-refractivity contribution in [3.63, 3.8) is 0 Å². The summed E-state index contributed by atoms with van der Waals surface area (Å²) in [6, 6.07) is 13.8. The minimum absolute atomic E-state index is 0.0526. The Bertz CT molecular complexity index is 1140. The van der Waals surface area contributed by atoms with Crippen LogP contribution in [0.5, 0.6) is 0 Å². The van der Waals surface area contributed by atoms with Crippen molar-refractivity contribution >= 4 is 20.9 Å². The van der Waals surface area contributed by atoms with E-state index in [1.54, 1.807) is 43.4 Å². The van der Waals surface area contributed by atoms with Gasteiger partial charge in [-0.3, -0.25) is 9.36 Å². The highest BCUT2D eigenvalue weighted by Crippen LogP contribution is 2.23. The second-order valence-electron chi connectivity index (χ2n) is 7.51. The van der Waals surface area contributed by atoms with E-state index < -0.39 is 10.0 Å². The maximum atomic E-state index is 12.6. The largest absolute Gasteiger partial charge is 0.298 e. The second-order valence-corrected chi connectivity index (χ2v) is 9.28. The molecule has 1 aromatic heterocycles. The normalized spacial score (nSPS) is 12.4. The third-order valence-electron chi connectivity index (χ3n) is 4.53. The van der Waals surface area contributed by atoms with Crippen molar-refractivity contribution in [2.24, 2.45) is 7.05 Å². The van der Waals surface area contributed by atoms with Crippen LogP contribution in [0.1, 0.15) is 32.2 Å². The second kappa shape index (κ2) is 6.90. The maximum absolute atomic E-state index is 12.6. The Morgan fingerprint density at radius 2 is 1.67 bits per heavy atom. The zero-order valence-corrected chi connectivity index (χ0v) is 16.7. The van der Waals surface area contributed by atoms with Crippen molar-refractivity contribution in [2.45, 2.75) is 37.6 Å². The molecule has 0 radical (unpaired) electrons. The summed E-state index contributed by atoms with van der Waals surface area (Å²) in [4.78, 5) is 17.0. The van der Waals surface area contributed by atoms with Gasteiger partial charge in [-0.1, -0.05) is 45.0 Å². The van der Waals surface area contributed by atoms with Crippen molar-refractivity contribution in [1.82, 2.24) is 14.3 Å². The number of aromatic nitrogens is 2. The lowest BCUT2D eigenvalue weighted by Crippen LogP contribution is -2.29. The molecule has 0 saturated heterocycles. The Balaban J connectivity index is 1.87. The average Bonchev–Trinajstić information content (AvgIpc) is 2.63. The molecule has 0 amide bonds. The van der Waals surface area contributed by atoms with E-state index in [9.17, 15) is 13.2 Å². The minimum atomic E-state index is -3.71. The molecule has 1 N–H and O–H groups in total. The lowest BCUT2D eigenvalue weighted by atomic mass is 9.87. The quantitative estimate of drug-likeness (QED) is 0.749. The number of fused-ring (bicyclic) bond motifs is 1. The van der Waals surface area contributed by atoms with E-state index in [0.717, 1.165) is 5.56 Å². The molecule has 0 bridgehead atoms. The summed E-state index contributed by atoms with van der Waals surface area (Å²) in [6.45, 7) is 6.14. The van der Waals surface area contributed by atoms with Crippen LogP contribution in [-0.4, -0.2) is 18.0 Å². The smallest absolute Gasteiger partial charge is 0.261 e. The molecule has 0 aliphatic heterocycles. The summed E-state index contributed by atoms with van der Waals surface area (Å²) < 4.78 is 29.1. The Hall–Kier alpha value is -2.51. The summed E-state index contributed by atoms with van der Waals surface area (Å²) in [5, 5.41) is 0.504. The number of para-hydroxylation sites is 1. The first-order chi connectivity index (χ1) is 12.6. The van der Waals surface area contributed by atoms with E-state index in [1.165, 1.54) is 4.57 Å². The molecule has 0 aliphatic carbocycles. The van der Waals surface area contributed by atoms with Crippen LogP contribution in [0.2, 0.25) is 0 Å². The lowest BCUT2D eigenvalue weighted by molar-refractivity contribution is 0.574. The van der Waals surface area contributed by atoms with Gasteiger partial charge < -0.3 is 0 Å². The van der Waals surface area contributed by atoms with Gasteiger partial charge in [-0.05, 0) is 35.2 Å². The van der Waals surface area contributed by atoms with Crippen LogP contribution >= 0.6 is 0 Å². The highest BCUT2D eigenvalue weighted by molar-refractivity contribution is 7.89. The van der Waals surface area contributed by atoms with Gasteiger partial charge >= 0.3 is 0 Å². The van der Waals surface area contributed by atoms with Gasteiger partial charge in [0, 0.05) is 7.05 Å². The van der Waals surface area contributed by atoms with Crippen LogP contribution in [0, 0.1) is 0 Å². The van der Waals surface area contributed by atoms with E-state index in [-0.39, 0.29) is 22.4 Å². The van der Waals surface area contributed by atoms with Crippen molar-refractivity contribution in [3.8, 4) is 0 Å². The molecular formula is C20H23N3O3S. The van der Waals surface area contributed by atoms with E-state index in [1.807, 2.05) is 12.1 Å². The SMILES string of the molecule is Cn1c(CNS(=O)(=O)c2ccc(C(C)(C)C)cc2)nc2ccccc2c1=O. The Labute approximate surface area is 158 Å². The predicted molar refractivity (Wildman–Crippen MR) is 106 cm³/mol. The molecule has 7 heteroatoms. The third kappa shape index (κ3) is 3.94. The lowest BCUT2D eigenvalue weighted by Gasteiger charge is -2.19. The first-order valence-electron chi connectivity index (χ1n) is 8.64. The molecule has 0 atom stereocenters. The molecule has 1 heterocycles. The van der Waals surface area contributed by atoms with Crippen molar-refractivity contribution in [2.75, 3.05) is 0 Å². The summed E-state index contributed by atoms with van der Waals surface area (Å²) in [6.07, 6.45) is 0. The van der Waals surface area contributed by atoms with Crippen LogP contribution in [-0.2, 0) is 29.0 Å². The highest BCUT2D eigenvalue weighted by atomic mass is 32.2. The molecule has 3 rings (SSSR count). The van der Waals surface area contributed by atoms with Crippen LogP contribution in [0.4, 0.5) is 0 Å². The molecular weight excluding hydrogens is 362 g/mol. The number of benzene rings is 2. The average molecular weight is 385 g/mol. The number of nitrogens with one attached hydrogen (secondary N) is 1. The fourth-order valence-electron chi connectivity index (χ4n) is 2.80. The predicted octanol–water partition coefficient (Wildman–Crippen LogP) is 2.71. The molecule has 3 aromatic rings. The standard InChI is InChI=1S/C20H23N3O3S/c1-20(2,3)14-9-11-15(12-10-14)27(25,26)21-13-18-22-17-8-6-5-7-16(17)19(24)23(18)4/h5-12,21H,13H2,1-4H3. The van der Waals surface area contributed by atoms with Gasteiger partial charge in [0.2, 0.25) is 10.0 Å². The molecule has 0 unspecified atom stereocenters. The Morgan fingerprint density at radius 3 is 2.30 bits per heavy atom. The van der Waals surface area contributed by atoms with Gasteiger partial charge in [0.15, 0.2) is 0 Å². The number of nitrogens with zero attached hydrogens (tertiary/aromatic N) is 2. The topological polar surface area (TPSA) is 81.1 Å². The molecule has 0 fully saturated rings. The molecule has 0 saturated carbocycles. The molecule has 142 valence electrons. The zero-order valence-electron chi connectivity index (χ0n) is 15.9. The van der Waals surface area contributed by atoms with Gasteiger partial charge in [0.1, 0.15) is 5.82 Å². The van der Waals surface area contributed by atoms with E-state index >= 15 is 0 Å². The van der Waals surface area contributed by atoms with Gasteiger partial charge in [-0.2, -0.15) is 0 Å². The van der Waals surface area contributed by atoms with E-state index in [4.69, 9.17) is 0 Å². The highest BCUT2D eigenvalue weighted by Gasteiger charge is 2.18. The molecule has 0 spiro atoms. The van der Waals surface area contributed by atoms with E-state index in [2.05, 4.69) is 30.5 Å². The van der Waals surface area contributed by atoms with Gasteiger partial charge in [-0.25, -0.2) is 18.1 Å². The molecule has 2 aromatic carbocycles. The number of hydrogen-bond acceptors (Lipinski definition) is 4. The zero-order chi connectivity index (χ0) is 19.8. The van der Waals surface area contributed by atoms with Crippen LogP contribution in [0.3, 0.4) is 0 Å². The molecule has 27 heavy (non-hydrogen) atoms. The summed E-state index contributed by atoms with van der Waals surface area (Å²) in [5.41, 5.74) is 1.34. The summed E-state index contributed by atoms with van der Waals surface area (Å²) in [7, 11) is -2.12. The van der Waals surface area contributed by atoms with Gasteiger partial charge in [-0.15, -0.1) is 0 Å². The fourth-order valence-corrected chi connectivity index (χ4v) is 3.78. The van der Waals surface area contributed by atoms with Crippen molar-refractivity contribution in [3.05, 3.63) is 70.3 Å². The first-order valence-corrected chi connectivity index (χ1v) is 10.1. The number of rotatable bonds is 4. The van der Waals surface area contributed by atoms with Crippen molar-refractivity contribution < 1.29 is 8.42 Å². The first kappa shape index (κ1) is 19.3. The minimum Gasteiger partial charge on any atom is -0.298 e. The Morgan fingerprint density at radius 1 is 1.04 bits per heavy atom. The molecule has 0 aliphatic rings. The number of sulfonamides is 1.